The van der Waals surface area contributed by atoms with Crippen molar-refractivity contribution in [3.8, 4) is 0 Å². The van der Waals surface area contributed by atoms with Crippen molar-refractivity contribution in [2.75, 3.05) is 16.8 Å². The molecule has 0 aliphatic carbocycles. The molecule has 3 aromatic rings. The molecule has 2 aromatic heterocycles. The number of hydrogen-bond acceptors (Lipinski definition) is 6. The standard InChI is InChI=1S/C20H16ClN5O2/c1-12(27)2-5-19(28)25-18-9-15-16(10-22-18)23-11-24-20(15)26-7-6-13-3-4-14(21)8-17(13)26/h2-5,8-11H,6-7H2,1H3,(H,22,25,28). The van der Waals surface area contributed by atoms with E-state index in [1.54, 1.807) is 12.3 Å². The van der Waals surface area contributed by atoms with E-state index in [0.29, 0.717) is 16.4 Å². The molecule has 0 saturated heterocycles. The van der Waals surface area contributed by atoms with Gasteiger partial charge in [-0.25, -0.2) is 15.0 Å². The van der Waals surface area contributed by atoms with E-state index < -0.39 is 5.91 Å². The molecule has 1 amide bonds. The fourth-order valence-electron chi connectivity index (χ4n) is 3.16. The van der Waals surface area contributed by atoms with E-state index in [9.17, 15) is 9.59 Å². The van der Waals surface area contributed by atoms with Crippen LogP contribution < -0.4 is 10.2 Å². The van der Waals surface area contributed by atoms with E-state index in [1.807, 2.05) is 18.2 Å². The third-order valence-electron chi connectivity index (χ3n) is 4.42. The maximum Gasteiger partial charge on any atom is 0.249 e. The van der Waals surface area contributed by atoms with E-state index in [-0.39, 0.29) is 5.78 Å². The Kier molecular flexibility index (Phi) is 4.75. The minimum atomic E-state index is -0.432. The summed E-state index contributed by atoms with van der Waals surface area (Å²) in [6, 6.07) is 7.56. The molecule has 0 saturated carbocycles. The molecule has 0 bridgehead atoms. The summed E-state index contributed by atoms with van der Waals surface area (Å²) < 4.78 is 0. The number of pyridine rings is 1. The first kappa shape index (κ1) is 18.1. The van der Waals surface area contributed by atoms with Gasteiger partial charge < -0.3 is 10.2 Å². The zero-order valence-electron chi connectivity index (χ0n) is 15.0. The molecule has 0 fully saturated rings. The number of nitrogens with one attached hydrogen (secondary N) is 1. The van der Waals surface area contributed by atoms with Crippen molar-refractivity contribution in [2.45, 2.75) is 13.3 Å². The van der Waals surface area contributed by atoms with Crippen molar-refractivity contribution in [3.05, 3.63) is 59.5 Å². The van der Waals surface area contributed by atoms with Gasteiger partial charge in [0, 0.05) is 28.7 Å². The Morgan fingerprint density at radius 1 is 1.18 bits per heavy atom. The molecular weight excluding hydrogens is 378 g/mol. The molecule has 1 aliphatic heterocycles. The first-order chi connectivity index (χ1) is 13.5. The Labute approximate surface area is 166 Å². The highest BCUT2D eigenvalue weighted by molar-refractivity contribution is 6.31. The number of nitrogens with zero attached hydrogens (tertiary/aromatic N) is 4. The highest BCUT2D eigenvalue weighted by Gasteiger charge is 2.23. The lowest BCUT2D eigenvalue weighted by molar-refractivity contribution is -0.114. The lowest BCUT2D eigenvalue weighted by Crippen LogP contribution is -2.16. The maximum atomic E-state index is 11.9. The minimum Gasteiger partial charge on any atom is -0.325 e. The summed E-state index contributed by atoms with van der Waals surface area (Å²) in [5, 5.41) is 4.07. The predicted molar refractivity (Wildman–Crippen MR) is 108 cm³/mol. The maximum absolute atomic E-state index is 11.9. The van der Waals surface area contributed by atoms with Gasteiger partial charge in [-0.05, 0) is 43.2 Å². The monoisotopic (exact) mass is 393 g/mol. The lowest BCUT2D eigenvalue weighted by Gasteiger charge is -2.20. The molecule has 140 valence electrons. The molecule has 0 spiro atoms. The summed E-state index contributed by atoms with van der Waals surface area (Å²) in [6.07, 6.45) is 6.35. The second kappa shape index (κ2) is 7.36. The van der Waals surface area contributed by atoms with Crippen LogP contribution in [0.15, 0.2) is 48.9 Å². The Morgan fingerprint density at radius 3 is 2.86 bits per heavy atom. The molecule has 0 unspecified atom stereocenters. The number of aromatic nitrogens is 3. The topological polar surface area (TPSA) is 88.1 Å². The number of fused-ring (bicyclic) bond motifs is 2. The average molecular weight is 394 g/mol. The number of allylic oxidation sites excluding steroid dienone is 1. The Bertz CT molecular complexity index is 1130. The van der Waals surface area contributed by atoms with E-state index in [2.05, 4.69) is 25.2 Å². The van der Waals surface area contributed by atoms with Crippen LogP contribution in [0.2, 0.25) is 5.02 Å². The average Bonchev–Trinajstić information content (AvgIpc) is 3.08. The fraction of sp³-hybridized carbons (Fsp3) is 0.150. The minimum absolute atomic E-state index is 0.205. The summed E-state index contributed by atoms with van der Waals surface area (Å²) in [7, 11) is 0. The number of halogens is 1. The van der Waals surface area contributed by atoms with Crippen molar-refractivity contribution < 1.29 is 9.59 Å². The van der Waals surface area contributed by atoms with E-state index >= 15 is 0 Å². The summed E-state index contributed by atoms with van der Waals surface area (Å²) in [6.45, 7) is 2.15. The van der Waals surface area contributed by atoms with Crippen LogP contribution in [0.5, 0.6) is 0 Å². The highest BCUT2D eigenvalue weighted by Crippen LogP contribution is 2.38. The molecule has 1 aliphatic rings. The number of carbonyl (C=O) groups excluding carboxylic acids is 2. The van der Waals surface area contributed by atoms with Crippen LogP contribution >= 0.6 is 11.6 Å². The molecule has 1 N–H and O–H groups in total. The van der Waals surface area contributed by atoms with Crippen LogP contribution in [0.3, 0.4) is 0 Å². The Balaban J connectivity index is 1.72. The predicted octanol–water partition coefficient (Wildman–Crippen LogP) is 3.46. The van der Waals surface area contributed by atoms with Gasteiger partial charge in [0.1, 0.15) is 18.0 Å². The number of benzene rings is 1. The van der Waals surface area contributed by atoms with Crippen LogP contribution in [0.1, 0.15) is 12.5 Å². The van der Waals surface area contributed by atoms with Crippen LogP contribution in [0.4, 0.5) is 17.3 Å². The van der Waals surface area contributed by atoms with Crippen LogP contribution in [-0.4, -0.2) is 33.2 Å². The van der Waals surface area contributed by atoms with E-state index in [0.717, 1.165) is 29.9 Å². The quantitative estimate of drug-likeness (QED) is 0.683. The first-order valence-corrected chi connectivity index (χ1v) is 9.05. The molecule has 28 heavy (non-hydrogen) atoms. The largest absolute Gasteiger partial charge is 0.325 e. The molecule has 0 radical (unpaired) electrons. The third-order valence-corrected chi connectivity index (χ3v) is 4.66. The number of carbonyl (C=O) groups is 2. The van der Waals surface area contributed by atoms with Gasteiger partial charge in [0.25, 0.3) is 0 Å². The summed E-state index contributed by atoms with van der Waals surface area (Å²) in [5.74, 6) is 0.442. The number of ketones is 1. The normalized spacial score (nSPS) is 13.1. The van der Waals surface area contributed by atoms with Crippen LogP contribution in [0.25, 0.3) is 10.9 Å². The molecule has 0 atom stereocenters. The molecule has 8 heteroatoms. The molecule has 4 rings (SSSR count). The molecular formula is C20H16ClN5O2. The number of anilines is 3. The van der Waals surface area contributed by atoms with Crippen LogP contribution in [-0.2, 0) is 16.0 Å². The first-order valence-electron chi connectivity index (χ1n) is 8.67. The molecule has 3 heterocycles. The van der Waals surface area contributed by atoms with Crippen molar-refractivity contribution in [3.63, 3.8) is 0 Å². The summed E-state index contributed by atoms with van der Waals surface area (Å²) >= 11 is 6.18. The zero-order chi connectivity index (χ0) is 19.7. The van der Waals surface area contributed by atoms with Crippen molar-refractivity contribution in [1.29, 1.82) is 0 Å². The summed E-state index contributed by atoms with van der Waals surface area (Å²) in [5.41, 5.74) is 2.88. The molecule has 7 nitrogen and oxygen atoms in total. The van der Waals surface area contributed by atoms with Crippen molar-refractivity contribution in [1.82, 2.24) is 15.0 Å². The number of rotatable bonds is 4. The fourth-order valence-corrected chi connectivity index (χ4v) is 3.33. The van der Waals surface area contributed by atoms with Gasteiger partial charge in [-0.15, -0.1) is 0 Å². The number of hydrogen-bond donors (Lipinski definition) is 1. The molecule has 1 aromatic carbocycles. The van der Waals surface area contributed by atoms with Gasteiger partial charge in [-0.3, -0.25) is 9.59 Å². The van der Waals surface area contributed by atoms with Crippen molar-refractivity contribution >= 4 is 51.5 Å². The van der Waals surface area contributed by atoms with Gasteiger partial charge in [0.2, 0.25) is 5.91 Å². The third kappa shape index (κ3) is 3.57. The zero-order valence-corrected chi connectivity index (χ0v) is 15.8. The SMILES string of the molecule is CC(=O)C=CC(=O)Nc1cc2c(N3CCc4ccc(Cl)cc43)ncnc2cn1. The second-order valence-electron chi connectivity index (χ2n) is 6.39. The van der Waals surface area contributed by atoms with Gasteiger partial charge in [0.05, 0.1) is 11.7 Å². The van der Waals surface area contributed by atoms with Gasteiger partial charge in [-0.1, -0.05) is 17.7 Å². The van der Waals surface area contributed by atoms with Gasteiger partial charge >= 0.3 is 0 Å². The van der Waals surface area contributed by atoms with Gasteiger partial charge in [0.15, 0.2) is 5.78 Å². The Morgan fingerprint density at radius 2 is 2.04 bits per heavy atom. The summed E-state index contributed by atoms with van der Waals surface area (Å²) in [4.78, 5) is 38.0. The second-order valence-corrected chi connectivity index (χ2v) is 6.83. The Hall–Kier alpha value is -3.32. The lowest BCUT2D eigenvalue weighted by atomic mass is 10.2. The number of amides is 1. The highest BCUT2D eigenvalue weighted by atomic mass is 35.5. The van der Waals surface area contributed by atoms with E-state index in [4.69, 9.17) is 11.6 Å². The van der Waals surface area contributed by atoms with Gasteiger partial charge in [-0.2, -0.15) is 0 Å². The van der Waals surface area contributed by atoms with Crippen LogP contribution in [0, 0.1) is 0 Å². The van der Waals surface area contributed by atoms with Crippen molar-refractivity contribution in [2.24, 2.45) is 0 Å². The smallest absolute Gasteiger partial charge is 0.249 e. The van der Waals surface area contributed by atoms with E-state index in [1.165, 1.54) is 31.0 Å².